The van der Waals surface area contributed by atoms with Gasteiger partial charge in [0.25, 0.3) is 0 Å². The van der Waals surface area contributed by atoms with E-state index in [2.05, 4.69) is 0 Å². The lowest BCUT2D eigenvalue weighted by Gasteiger charge is -2.43. The van der Waals surface area contributed by atoms with Crippen molar-refractivity contribution in [2.24, 2.45) is 0 Å². The van der Waals surface area contributed by atoms with E-state index in [1.54, 1.807) is 0 Å². The van der Waals surface area contributed by atoms with Crippen LogP contribution in [0, 0.1) is 0 Å². The number of rotatable bonds is 1. The molecule has 0 amide bonds. The minimum Gasteiger partial charge on any atom is -0.508 e. The molecule has 0 unspecified atom stereocenters. The normalized spacial score (nSPS) is 22.1. The van der Waals surface area contributed by atoms with Crippen LogP contribution in [0.4, 0.5) is 0 Å². The second-order valence-electron chi connectivity index (χ2n) is 5.50. The van der Waals surface area contributed by atoms with Gasteiger partial charge in [0.15, 0.2) is 11.5 Å². The van der Waals surface area contributed by atoms with Crippen molar-refractivity contribution in [1.29, 1.82) is 0 Å². The number of aliphatic hydroxyl groups excluding tert-OH is 1. The van der Waals surface area contributed by atoms with Crippen molar-refractivity contribution in [3.63, 3.8) is 0 Å². The van der Waals surface area contributed by atoms with E-state index in [1.165, 1.54) is 24.3 Å². The van der Waals surface area contributed by atoms with E-state index in [1.807, 2.05) is 0 Å². The third-order valence-electron chi connectivity index (χ3n) is 3.86. The van der Waals surface area contributed by atoms with Crippen LogP contribution in [0.5, 0.6) is 28.7 Å². The lowest BCUT2D eigenvalue weighted by atomic mass is 9.46. The van der Waals surface area contributed by atoms with Gasteiger partial charge >= 0.3 is 0 Å². The molecular formula is C15H12B2O6. The van der Waals surface area contributed by atoms with Crippen molar-refractivity contribution >= 4 is 15.7 Å². The molecule has 114 valence electrons. The average molecular weight is 310 g/mol. The first-order valence-corrected chi connectivity index (χ1v) is 6.72. The highest BCUT2D eigenvalue weighted by Crippen LogP contribution is 2.48. The summed E-state index contributed by atoms with van der Waals surface area (Å²) >= 11 is 0. The Kier molecular flexibility index (Phi) is 3.37. The number of aromatic hydroxyl groups is 4. The average Bonchev–Trinajstić information content (AvgIpc) is 2.45. The van der Waals surface area contributed by atoms with Crippen molar-refractivity contribution in [2.45, 2.75) is 17.4 Å². The molecule has 2 aromatic rings. The van der Waals surface area contributed by atoms with Crippen LogP contribution < -0.4 is 4.74 Å². The molecule has 4 radical (unpaired) electrons. The Bertz CT molecular complexity index is 777. The number of phenolic OH excluding ortho intramolecular Hbond substituents is 4. The van der Waals surface area contributed by atoms with Crippen molar-refractivity contribution in [2.75, 3.05) is 0 Å². The summed E-state index contributed by atoms with van der Waals surface area (Å²) in [5.74, 6) is -1.39. The van der Waals surface area contributed by atoms with Gasteiger partial charge in [-0.3, -0.25) is 0 Å². The first kappa shape index (κ1) is 15.4. The molecule has 0 aromatic heterocycles. The fourth-order valence-electron chi connectivity index (χ4n) is 2.68. The summed E-state index contributed by atoms with van der Waals surface area (Å²) < 4.78 is 5.60. The number of fused-ring (bicyclic) bond motifs is 1. The zero-order chi connectivity index (χ0) is 16.9. The van der Waals surface area contributed by atoms with E-state index in [0.717, 1.165) is 6.07 Å². The van der Waals surface area contributed by atoms with Gasteiger partial charge in [-0.25, -0.2) is 0 Å². The van der Waals surface area contributed by atoms with Crippen molar-refractivity contribution in [3.05, 3.63) is 41.5 Å². The molecule has 8 heteroatoms. The van der Waals surface area contributed by atoms with Crippen LogP contribution in [-0.4, -0.2) is 47.3 Å². The Balaban J connectivity index is 2.13. The largest absolute Gasteiger partial charge is 0.508 e. The van der Waals surface area contributed by atoms with Crippen LogP contribution in [0.3, 0.4) is 0 Å². The molecule has 0 saturated carbocycles. The second kappa shape index (κ2) is 5.03. The van der Waals surface area contributed by atoms with Crippen molar-refractivity contribution in [3.8, 4) is 28.7 Å². The Labute approximate surface area is 134 Å². The first-order chi connectivity index (χ1) is 10.7. The van der Waals surface area contributed by atoms with Gasteiger partial charge in [0, 0.05) is 17.7 Å². The minimum atomic E-state index is -1.86. The third kappa shape index (κ3) is 2.35. The predicted octanol–water partition coefficient (Wildman–Crippen LogP) is 0.493. The molecule has 0 aliphatic carbocycles. The number of hydrogen-bond acceptors (Lipinski definition) is 6. The maximum Gasteiger partial charge on any atom is 0.157 e. The Hall–Kier alpha value is -2.47. The van der Waals surface area contributed by atoms with Crippen LogP contribution in [0.15, 0.2) is 30.3 Å². The predicted molar refractivity (Wildman–Crippen MR) is 82.1 cm³/mol. The summed E-state index contributed by atoms with van der Waals surface area (Å²) in [6, 6.07) is 6.10. The molecule has 2 aromatic carbocycles. The number of hydrogen-bond donors (Lipinski definition) is 5. The standard InChI is InChI=1S/C15H12B2O6/c16-15(17)12-10(21)4-7(18)5-11(12)23-13(14(15)22)6-1-2-8(19)9(20)3-6/h1-5,13-14,18-22H/t13-,14+/m1/s1. The lowest BCUT2D eigenvalue weighted by molar-refractivity contribution is 0.00556. The molecule has 2 atom stereocenters. The highest BCUT2D eigenvalue weighted by atomic mass is 16.5. The summed E-state index contributed by atoms with van der Waals surface area (Å²) in [4.78, 5) is 0. The van der Waals surface area contributed by atoms with E-state index in [-0.39, 0.29) is 22.8 Å². The number of benzene rings is 2. The molecule has 23 heavy (non-hydrogen) atoms. The molecule has 6 nitrogen and oxygen atoms in total. The smallest absolute Gasteiger partial charge is 0.157 e. The van der Waals surface area contributed by atoms with E-state index < -0.39 is 28.9 Å². The molecular weight excluding hydrogens is 298 g/mol. The van der Waals surface area contributed by atoms with Crippen molar-refractivity contribution < 1.29 is 30.3 Å². The maximum absolute atomic E-state index is 10.5. The van der Waals surface area contributed by atoms with E-state index >= 15 is 0 Å². The quantitative estimate of drug-likeness (QED) is 0.387. The second-order valence-corrected chi connectivity index (χ2v) is 5.50. The molecule has 5 N–H and O–H groups in total. The third-order valence-corrected chi connectivity index (χ3v) is 3.86. The minimum absolute atomic E-state index is 0.00960. The summed E-state index contributed by atoms with van der Waals surface area (Å²) in [5, 5.41) is 47.1. The fraction of sp³-hybridized carbons (Fsp3) is 0.200. The molecule has 0 bridgehead atoms. The van der Waals surface area contributed by atoms with E-state index in [9.17, 15) is 25.5 Å². The first-order valence-electron chi connectivity index (χ1n) is 6.72. The monoisotopic (exact) mass is 310 g/mol. The van der Waals surface area contributed by atoms with Gasteiger partial charge in [0.2, 0.25) is 0 Å². The molecule has 1 aliphatic heterocycles. The highest BCUT2D eigenvalue weighted by molar-refractivity contribution is 6.41. The van der Waals surface area contributed by atoms with Crippen molar-refractivity contribution in [1.82, 2.24) is 0 Å². The van der Waals surface area contributed by atoms with E-state index in [0.29, 0.717) is 5.56 Å². The highest BCUT2D eigenvalue weighted by Gasteiger charge is 2.44. The van der Waals surface area contributed by atoms with Crippen LogP contribution >= 0.6 is 0 Å². The lowest BCUT2D eigenvalue weighted by Crippen LogP contribution is -2.49. The van der Waals surface area contributed by atoms with Gasteiger partial charge in [0.1, 0.15) is 23.4 Å². The van der Waals surface area contributed by atoms with Crippen LogP contribution in [0.25, 0.3) is 0 Å². The Morgan fingerprint density at radius 1 is 0.913 bits per heavy atom. The Morgan fingerprint density at radius 3 is 2.26 bits per heavy atom. The Morgan fingerprint density at radius 2 is 1.61 bits per heavy atom. The molecule has 1 aliphatic rings. The molecule has 0 spiro atoms. The summed E-state index contributed by atoms with van der Waals surface area (Å²) in [6.45, 7) is 0. The molecule has 0 saturated heterocycles. The van der Waals surface area contributed by atoms with Gasteiger partial charge < -0.3 is 30.3 Å². The molecule has 1 heterocycles. The summed E-state index contributed by atoms with van der Waals surface area (Å²) in [6.07, 6.45) is -2.54. The topological polar surface area (TPSA) is 110 Å². The van der Waals surface area contributed by atoms with Gasteiger partial charge in [-0.1, -0.05) is 6.07 Å². The van der Waals surface area contributed by atoms with Gasteiger partial charge in [-0.2, -0.15) is 0 Å². The van der Waals surface area contributed by atoms with Gasteiger partial charge in [-0.15, -0.1) is 0 Å². The SMILES string of the molecule is [B]C1([B])c2c(O)cc(O)cc2O[C@H](c2ccc(O)c(O)c2)[C@@H]1O. The summed E-state index contributed by atoms with van der Waals surface area (Å²) in [7, 11) is 11.9. The summed E-state index contributed by atoms with van der Waals surface area (Å²) in [5.41, 5.74) is 0.267. The van der Waals surface area contributed by atoms with Crippen LogP contribution in [-0.2, 0) is 5.21 Å². The zero-order valence-electron chi connectivity index (χ0n) is 11.8. The maximum atomic E-state index is 10.5. The zero-order valence-corrected chi connectivity index (χ0v) is 11.8. The molecule has 3 rings (SSSR count). The number of phenols is 4. The van der Waals surface area contributed by atoms with Crippen LogP contribution in [0.2, 0.25) is 0 Å². The number of aliphatic hydroxyl groups is 1. The number of ether oxygens (including phenoxy) is 1. The van der Waals surface area contributed by atoms with Gasteiger partial charge in [-0.05, 0) is 22.9 Å². The molecule has 0 fully saturated rings. The van der Waals surface area contributed by atoms with E-state index in [4.69, 9.17) is 20.4 Å². The fourth-order valence-corrected chi connectivity index (χ4v) is 2.68. The van der Waals surface area contributed by atoms with Gasteiger partial charge in [0.05, 0.1) is 21.8 Å². The van der Waals surface area contributed by atoms with Crippen LogP contribution in [0.1, 0.15) is 17.2 Å².